The number of carbonyl (C=O) groups is 2. The van der Waals surface area contributed by atoms with Gasteiger partial charge in [-0.05, 0) is 23.0 Å². The van der Waals surface area contributed by atoms with E-state index in [-0.39, 0.29) is 17.2 Å². The molecule has 1 aliphatic heterocycles. The molecular formula is C15H19NO2. The van der Waals surface area contributed by atoms with E-state index >= 15 is 0 Å². The van der Waals surface area contributed by atoms with Crippen LogP contribution in [-0.4, -0.2) is 11.7 Å². The Hall–Kier alpha value is -1.64. The van der Waals surface area contributed by atoms with E-state index in [1.54, 1.807) is 0 Å². The summed E-state index contributed by atoms with van der Waals surface area (Å²) in [7, 11) is 0. The van der Waals surface area contributed by atoms with Crippen molar-refractivity contribution in [2.75, 3.05) is 0 Å². The fraction of sp³-hybridized carbons (Fsp3) is 0.467. The Labute approximate surface area is 108 Å². The molecule has 3 nitrogen and oxygen atoms in total. The molecule has 1 fully saturated rings. The Morgan fingerprint density at radius 2 is 1.72 bits per heavy atom. The summed E-state index contributed by atoms with van der Waals surface area (Å²) >= 11 is 0. The van der Waals surface area contributed by atoms with E-state index in [9.17, 15) is 9.59 Å². The second-order valence-electron chi connectivity index (χ2n) is 5.86. The highest BCUT2D eigenvalue weighted by atomic mass is 16.2. The molecule has 0 spiro atoms. The molecule has 1 heterocycles. The van der Waals surface area contributed by atoms with Gasteiger partial charge in [-0.1, -0.05) is 45.0 Å². The van der Waals surface area contributed by atoms with E-state index in [2.05, 4.69) is 38.2 Å². The van der Waals surface area contributed by atoms with E-state index in [0.717, 1.165) is 5.56 Å². The van der Waals surface area contributed by atoms with Gasteiger partial charge in [0.05, 0.1) is 6.04 Å². The highest BCUT2D eigenvalue weighted by molar-refractivity contribution is 6.36. The molecule has 1 aromatic carbocycles. The maximum atomic E-state index is 11.3. The first kappa shape index (κ1) is 12.8. The van der Waals surface area contributed by atoms with Crippen molar-refractivity contribution in [3.05, 3.63) is 35.4 Å². The minimum Gasteiger partial charge on any atom is -0.343 e. The lowest BCUT2D eigenvalue weighted by atomic mass is 9.85. The topological polar surface area (TPSA) is 46.2 Å². The lowest BCUT2D eigenvalue weighted by Gasteiger charge is -2.24. The van der Waals surface area contributed by atoms with Crippen molar-refractivity contribution in [2.24, 2.45) is 0 Å². The summed E-state index contributed by atoms with van der Waals surface area (Å²) < 4.78 is 0. The molecule has 2 rings (SSSR count). The molecule has 1 atom stereocenters. The van der Waals surface area contributed by atoms with Gasteiger partial charge in [-0.2, -0.15) is 0 Å². The van der Waals surface area contributed by atoms with E-state index in [0.29, 0.717) is 12.8 Å². The predicted octanol–water partition coefficient (Wildman–Crippen LogP) is 2.50. The van der Waals surface area contributed by atoms with Crippen LogP contribution in [0.1, 0.15) is 50.8 Å². The van der Waals surface area contributed by atoms with Crippen LogP contribution in [0.2, 0.25) is 0 Å². The summed E-state index contributed by atoms with van der Waals surface area (Å²) in [6, 6.07) is 8.25. The van der Waals surface area contributed by atoms with Crippen LogP contribution in [-0.2, 0) is 15.0 Å². The summed E-state index contributed by atoms with van der Waals surface area (Å²) in [4.78, 5) is 22.5. The van der Waals surface area contributed by atoms with Crippen LogP contribution in [0.3, 0.4) is 0 Å². The lowest BCUT2D eigenvalue weighted by molar-refractivity contribution is -0.140. The second-order valence-corrected chi connectivity index (χ2v) is 5.86. The fourth-order valence-electron chi connectivity index (χ4n) is 2.17. The average molecular weight is 245 g/mol. The number of piperidine rings is 1. The monoisotopic (exact) mass is 245 g/mol. The van der Waals surface area contributed by atoms with Crippen LogP contribution in [0.15, 0.2) is 24.3 Å². The van der Waals surface area contributed by atoms with Crippen LogP contribution in [0.5, 0.6) is 0 Å². The van der Waals surface area contributed by atoms with Crippen molar-refractivity contribution in [3.8, 4) is 0 Å². The number of ketones is 1. The number of benzene rings is 1. The molecule has 1 aromatic rings. The van der Waals surface area contributed by atoms with Gasteiger partial charge >= 0.3 is 0 Å². The number of Topliss-reactive ketones (excluding diaryl/α,β-unsaturated/α-hetero) is 1. The first-order valence-electron chi connectivity index (χ1n) is 6.32. The summed E-state index contributed by atoms with van der Waals surface area (Å²) in [5, 5.41) is 2.75. The zero-order chi connectivity index (χ0) is 13.3. The Balaban J connectivity index is 2.15. The molecular weight excluding hydrogens is 226 g/mol. The Kier molecular flexibility index (Phi) is 3.24. The minimum atomic E-state index is -0.453. The SMILES string of the molecule is CC(C)(C)c1ccc(C2CCC(=O)C(=O)N2)cc1. The van der Waals surface area contributed by atoms with Crippen molar-refractivity contribution in [1.82, 2.24) is 5.32 Å². The number of rotatable bonds is 1. The Morgan fingerprint density at radius 1 is 1.11 bits per heavy atom. The molecule has 1 aliphatic rings. The van der Waals surface area contributed by atoms with Gasteiger partial charge in [0, 0.05) is 6.42 Å². The molecule has 0 bridgehead atoms. The maximum Gasteiger partial charge on any atom is 0.287 e. The summed E-state index contributed by atoms with van der Waals surface area (Å²) in [5.74, 6) is -0.760. The summed E-state index contributed by atoms with van der Waals surface area (Å²) in [6.07, 6.45) is 1.04. The molecule has 1 amide bonds. The number of carbonyl (C=O) groups excluding carboxylic acids is 2. The van der Waals surface area contributed by atoms with Gasteiger partial charge in [-0.3, -0.25) is 9.59 Å². The van der Waals surface area contributed by atoms with Crippen LogP contribution in [0.4, 0.5) is 0 Å². The van der Waals surface area contributed by atoms with Crippen molar-refractivity contribution in [1.29, 1.82) is 0 Å². The van der Waals surface area contributed by atoms with Crippen molar-refractivity contribution in [3.63, 3.8) is 0 Å². The van der Waals surface area contributed by atoms with E-state index in [4.69, 9.17) is 0 Å². The molecule has 18 heavy (non-hydrogen) atoms. The third-order valence-electron chi connectivity index (χ3n) is 3.40. The largest absolute Gasteiger partial charge is 0.343 e. The molecule has 0 radical (unpaired) electrons. The number of hydrogen-bond donors (Lipinski definition) is 1. The van der Waals surface area contributed by atoms with E-state index in [1.807, 2.05) is 12.1 Å². The predicted molar refractivity (Wildman–Crippen MR) is 70.3 cm³/mol. The molecule has 1 unspecified atom stereocenters. The molecule has 0 saturated carbocycles. The molecule has 1 N–H and O–H groups in total. The number of amides is 1. The quantitative estimate of drug-likeness (QED) is 0.773. The van der Waals surface area contributed by atoms with Gasteiger partial charge in [0.25, 0.3) is 5.91 Å². The molecule has 3 heteroatoms. The summed E-state index contributed by atoms with van der Waals surface area (Å²) in [5.41, 5.74) is 2.47. The van der Waals surface area contributed by atoms with Gasteiger partial charge in [0.15, 0.2) is 0 Å². The Bertz CT molecular complexity index is 468. The first-order chi connectivity index (χ1) is 8.38. The third kappa shape index (κ3) is 2.61. The normalized spacial score (nSPS) is 20.7. The van der Waals surface area contributed by atoms with Crippen molar-refractivity contribution < 1.29 is 9.59 Å². The maximum absolute atomic E-state index is 11.3. The number of nitrogens with one attached hydrogen (secondary N) is 1. The van der Waals surface area contributed by atoms with Gasteiger partial charge in [-0.25, -0.2) is 0 Å². The zero-order valence-electron chi connectivity index (χ0n) is 11.1. The van der Waals surface area contributed by atoms with Crippen LogP contribution < -0.4 is 5.32 Å². The lowest BCUT2D eigenvalue weighted by Crippen LogP contribution is -2.39. The third-order valence-corrected chi connectivity index (χ3v) is 3.40. The minimum absolute atomic E-state index is 0.0239. The van der Waals surface area contributed by atoms with Crippen LogP contribution in [0, 0.1) is 0 Å². The zero-order valence-corrected chi connectivity index (χ0v) is 11.1. The average Bonchev–Trinajstić information content (AvgIpc) is 2.32. The Morgan fingerprint density at radius 3 is 2.22 bits per heavy atom. The highest BCUT2D eigenvalue weighted by Crippen LogP contribution is 2.26. The van der Waals surface area contributed by atoms with Gasteiger partial charge in [0.2, 0.25) is 5.78 Å². The molecule has 1 saturated heterocycles. The van der Waals surface area contributed by atoms with E-state index < -0.39 is 5.91 Å². The molecule has 0 aromatic heterocycles. The first-order valence-corrected chi connectivity index (χ1v) is 6.32. The fourth-order valence-corrected chi connectivity index (χ4v) is 2.17. The van der Waals surface area contributed by atoms with Crippen molar-refractivity contribution >= 4 is 11.7 Å². The highest BCUT2D eigenvalue weighted by Gasteiger charge is 2.26. The van der Waals surface area contributed by atoms with E-state index in [1.165, 1.54) is 5.56 Å². The van der Waals surface area contributed by atoms with Gasteiger partial charge < -0.3 is 5.32 Å². The molecule has 96 valence electrons. The smallest absolute Gasteiger partial charge is 0.287 e. The van der Waals surface area contributed by atoms with Crippen molar-refractivity contribution in [2.45, 2.75) is 45.1 Å². The van der Waals surface area contributed by atoms with Gasteiger partial charge in [0.1, 0.15) is 0 Å². The summed E-state index contributed by atoms with van der Waals surface area (Å²) in [6.45, 7) is 6.51. The van der Waals surface area contributed by atoms with Crippen LogP contribution in [0.25, 0.3) is 0 Å². The number of hydrogen-bond acceptors (Lipinski definition) is 2. The van der Waals surface area contributed by atoms with Crippen LogP contribution >= 0.6 is 0 Å². The standard InChI is InChI=1S/C15H19NO2/c1-15(2,3)11-6-4-10(5-7-11)12-8-9-13(17)14(18)16-12/h4-7,12H,8-9H2,1-3H3,(H,16,18). The van der Waals surface area contributed by atoms with Gasteiger partial charge in [-0.15, -0.1) is 0 Å². The second kappa shape index (κ2) is 4.56. The molecule has 0 aliphatic carbocycles.